The molecular formula is C15H16N6O. The van der Waals surface area contributed by atoms with Crippen LogP contribution in [-0.2, 0) is 4.74 Å². The van der Waals surface area contributed by atoms with E-state index in [1.54, 1.807) is 4.52 Å². The molecule has 4 rings (SSSR count). The fraction of sp³-hybridized carbons (Fsp3) is 0.267. The molecular weight excluding hydrogens is 280 g/mol. The van der Waals surface area contributed by atoms with Crippen molar-refractivity contribution in [3.8, 4) is 11.4 Å². The van der Waals surface area contributed by atoms with Crippen molar-refractivity contribution in [3.63, 3.8) is 0 Å². The van der Waals surface area contributed by atoms with Gasteiger partial charge in [0.25, 0.3) is 5.78 Å². The van der Waals surface area contributed by atoms with Gasteiger partial charge in [0.15, 0.2) is 5.82 Å². The lowest BCUT2D eigenvalue weighted by Crippen LogP contribution is -2.37. The number of nitrogens with zero attached hydrogens (tertiary/aromatic N) is 5. The van der Waals surface area contributed by atoms with Crippen molar-refractivity contribution in [3.05, 3.63) is 36.4 Å². The van der Waals surface area contributed by atoms with Gasteiger partial charge in [0.2, 0.25) is 0 Å². The Labute approximate surface area is 127 Å². The van der Waals surface area contributed by atoms with E-state index >= 15 is 0 Å². The minimum Gasteiger partial charge on any atom is -0.383 e. The second-order valence-electron chi connectivity index (χ2n) is 5.15. The van der Waals surface area contributed by atoms with E-state index in [-0.39, 0.29) is 0 Å². The van der Waals surface area contributed by atoms with E-state index in [0.29, 0.717) is 30.6 Å². The number of hydrogen-bond donors (Lipinski definition) is 1. The van der Waals surface area contributed by atoms with E-state index < -0.39 is 0 Å². The lowest BCUT2D eigenvalue weighted by Gasteiger charge is -2.28. The quantitative estimate of drug-likeness (QED) is 0.765. The van der Waals surface area contributed by atoms with Crippen LogP contribution in [0.15, 0.2) is 36.4 Å². The first-order valence-electron chi connectivity index (χ1n) is 7.23. The van der Waals surface area contributed by atoms with Crippen LogP contribution in [0, 0.1) is 0 Å². The Bertz CT molecular complexity index is 794. The molecule has 7 nitrogen and oxygen atoms in total. The van der Waals surface area contributed by atoms with Gasteiger partial charge in [0, 0.05) is 24.7 Å². The van der Waals surface area contributed by atoms with E-state index in [1.165, 1.54) is 0 Å². The fourth-order valence-corrected chi connectivity index (χ4v) is 2.60. The standard InChI is InChI=1S/C15H16N6O/c16-12-10-13(20-6-8-22-9-7-20)21-15(17-12)18-14(19-21)11-4-2-1-3-5-11/h1-5,10H,6-9H2,(H2,16,17,18,19). The zero-order chi connectivity index (χ0) is 14.9. The first-order chi connectivity index (χ1) is 10.8. The second kappa shape index (κ2) is 5.27. The number of rotatable bonds is 2. The average molecular weight is 296 g/mol. The molecule has 1 aliphatic heterocycles. The van der Waals surface area contributed by atoms with Gasteiger partial charge in [-0.3, -0.25) is 0 Å². The molecule has 22 heavy (non-hydrogen) atoms. The number of fused-ring (bicyclic) bond motifs is 1. The van der Waals surface area contributed by atoms with Crippen LogP contribution in [0.25, 0.3) is 17.2 Å². The molecule has 1 aliphatic rings. The van der Waals surface area contributed by atoms with Crippen LogP contribution in [-0.4, -0.2) is 45.9 Å². The Hall–Kier alpha value is -2.67. The normalized spacial score (nSPS) is 15.4. The van der Waals surface area contributed by atoms with Gasteiger partial charge in [-0.15, -0.1) is 5.10 Å². The third-order valence-electron chi connectivity index (χ3n) is 3.68. The second-order valence-corrected chi connectivity index (χ2v) is 5.15. The highest BCUT2D eigenvalue weighted by Gasteiger charge is 2.18. The zero-order valence-corrected chi connectivity index (χ0v) is 12.0. The number of nitrogens with two attached hydrogens (primary N) is 1. The fourth-order valence-electron chi connectivity index (χ4n) is 2.60. The highest BCUT2D eigenvalue weighted by Crippen LogP contribution is 2.22. The van der Waals surface area contributed by atoms with E-state index in [0.717, 1.165) is 24.5 Å². The molecule has 0 saturated carbocycles. The highest BCUT2D eigenvalue weighted by atomic mass is 16.5. The molecule has 0 spiro atoms. The molecule has 0 bridgehead atoms. The van der Waals surface area contributed by atoms with Crippen molar-refractivity contribution in [1.29, 1.82) is 0 Å². The largest absolute Gasteiger partial charge is 0.383 e. The first kappa shape index (κ1) is 13.0. The minimum atomic E-state index is 0.445. The zero-order valence-electron chi connectivity index (χ0n) is 12.0. The van der Waals surface area contributed by atoms with E-state index in [1.807, 2.05) is 36.4 Å². The maximum Gasteiger partial charge on any atom is 0.256 e. The summed E-state index contributed by atoms with van der Waals surface area (Å²) in [7, 11) is 0. The third-order valence-corrected chi connectivity index (χ3v) is 3.68. The van der Waals surface area contributed by atoms with Gasteiger partial charge < -0.3 is 15.4 Å². The maximum atomic E-state index is 5.93. The van der Waals surface area contributed by atoms with Crippen molar-refractivity contribution >= 4 is 17.4 Å². The van der Waals surface area contributed by atoms with Crippen LogP contribution in [0.3, 0.4) is 0 Å². The molecule has 1 aromatic carbocycles. The van der Waals surface area contributed by atoms with Crippen molar-refractivity contribution in [2.24, 2.45) is 0 Å². The summed E-state index contributed by atoms with van der Waals surface area (Å²) in [5.74, 6) is 2.51. The Morgan fingerprint density at radius 2 is 1.82 bits per heavy atom. The third kappa shape index (κ3) is 2.25. The smallest absolute Gasteiger partial charge is 0.256 e. The number of morpholine rings is 1. The topological polar surface area (TPSA) is 81.6 Å². The number of anilines is 2. The van der Waals surface area contributed by atoms with Crippen LogP contribution in [0.1, 0.15) is 0 Å². The van der Waals surface area contributed by atoms with E-state index in [4.69, 9.17) is 10.5 Å². The van der Waals surface area contributed by atoms with Crippen molar-refractivity contribution in [2.45, 2.75) is 0 Å². The predicted molar refractivity (Wildman–Crippen MR) is 83.7 cm³/mol. The number of benzene rings is 1. The Morgan fingerprint density at radius 3 is 2.59 bits per heavy atom. The predicted octanol–water partition coefficient (Wildman–Crippen LogP) is 1.21. The van der Waals surface area contributed by atoms with E-state index in [9.17, 15) is 0 Å². The maximum absolute atomic E-state index is 5.93. The molecule has 2 aromatic heterocycles. The first-order valence-corrected chi connectivity index (χ1v) is 7.23. The molecule has 1 saturated heterocycles. The van der Waals surface area contributed by atoms with Gasteiger partial charge in [-0.2, -0.15) is 14.5 Å². The van der Waals surface area contributed by atoms with Crippen molar-refractivity contribution in [1.82, 2.24) is 19.6 Å². The summed E-state index contributed by atoms with van der Waals surface area (Å²) in [6.45, 7) is 3.01. The summed E-state index contributed by atoms with van der Waals surface area (Å²) in [4.78, 5) is 11.0. The Morgan fingerprint density at radius 1 is 1.05 bits per heavy atom. The van der Waals surface area contributed by atoms with Crippen LogP contribution >= 0.6 is 0 Å². The molecule has 0 unspecified atom stereocenters. The molecule has 0 aliphatic carbocycles. The summed E-state index contributed by atoms with van der Waals surface area (Å²) in [6.07, 6.45) is 0. The molecule has 3 aromatic rings. The molecule has 7 heteroatoms. The molecule has 112 valence electrons. The molecule has 0 atom stereocenters. The Kier molecular flexibility index (Phi) is 3.12. The monoisotopic (exact) mass is 296 g/mol. The molecule has 3 heterocycles. The molecule has 0 amide bonds. The molecule has 0 radical (unpaired) electrons. The van der Waals surface area contributed by atoms with Crippen LogP contribution in [0.2, 0.25) is 0 Å². The average Bonchev–Trinajstić information content (AvgIpc) is 2.99. The van der Waals surface area contributed by atoms with Crippen LogP contribution in [0.4, 0.5) is 11.6 Å². The van der Waals surface area contributed by atoms with Gasteiger partial charge in [-0.1, -0.05) is 30.3 Å². The summed E-state index contributed by atoms with van der Waals surface area (Å²) in [6, 6.07) is 11.7. The van der Waals surface area contributed by atoms with Crippen molar-refractivity contribution in [2.75, 3.05) is 36.9 Å². The van der Waals surface area contributed by atoms with Gasteiger partial charge in [0.1, 0.15) is 11.6 Å². The number of nitrogen functional groups attached to an aromatic ring is 1. The Balaban J connectivity index is 1.84. The lowest BCUT2D eigenvalue weighted by molar-refractivity contribution is 0.122. The highest BCUT2D eigenvalue weighted by molar-refractivity contribution is 5.60. The van der Waals surface area contributed by atoms with Gasteiger partial charge >= 0.3 is 0 Å². The van der Waals surface area contributed by atoms with Gasteiger partial charge in [-0.05, 0) is 0 Å². The number of hydrogen-bond acceptors (Lipinski definition) is 6. The summed E-state index contributed by atoms with van der Waals surface area (Å²) >= 11 is 0. The number of ether oxygens (including phenoxy) is 1. The molecule has 2 N–H and O–H groups in total. The van der Waals surface area contributed by atoms with Gasteiger partial charge in [-0.25, -0.2) is 0 Å². The summed E-state index contributed by atoms with van der Waals surface area (Å²) < 4.78 is 7.16. The lowest BCUT2D eigenvalue weighted by atomic mass is 10.2. The van der Waals surface area contributed by atoms with Gasteiger partial charge in [0.05, 0.1) is 13.2 Å². The minimum absolute atomic E-state index is 0.445. The van der Waals surface area contributed by atoms with Crippen LogP contribution < -0.4 is 10.6 Å². The SMILES string of the molecule is Nc1cc(N2CCOCC2)n2nc(-c3ccccc3)nc2n1. The number of aromatic nitrogens is 4. The summed E-state index contributed by atoms with van der Waals surface area (Å²) in [5, 5.41) is 4.60. The summed E-state index contributed by atoms with van der Waals surface area (Å²) in [5.41, 5.74) is 6.89. The van der Waals surface area contributed by atoms with E-state index in [2.05, 4.69) is 20.0 Å². The van der Waals surface area contributed by atoms with Crippen LogP contribution in [0.5, 0.6) is 0 Å². The molecule has 1 fully saturated rings. The van der Waals surface area contributed by atoms with Crippen molar-refractivity contribution < 1.29 is 4.74 Å².